The molecule has 2 aliphatic rings. The van der Waals surface area contributed by atoms with Crippen molar-refractivity contribution < 1.29 is 19.1 Å². The summed E-state index contributed by atoms with van der Waals surface area (Å²) in [7, 11) is 0. The van der Waals surface area contributed by atoms with Gasteiger partial charge in [0.25, 0.3) is 0 Å². The van der Waals surface area contributed by atoms with E-state index in [4.69, 9.17) is 15.2 Å². The van der Waals surface area contributed by atoms with Crippen LogP contribution in [0.1, 0.15) is 133 Å². The highest BCUT2D eigenvalue weighted by molar-refractivity contribution is 5.83. The predicted octanol–water partition coefficient (Wildman–Crippen LogP) is 8.21. The summed E-state index contributed by atoms with van der Waals surface area (Å²) in [6.45, 7) is 26.6. The fourth-order valence-corrected chi connectivity index (χ4v) is 6.63. The molecule has 246 valence electrons. The zero-order valence-corrected chi connectivity index (χ0v) is 29.3. The van der Waals surface area contributed by atoms with E-state index in [0.717, 1.165) is 63.4 Å². The first-order chi connectivity index (χ1) is 19.9. The van der Waals surface area contributed by atoms with Crippen LogP contribution in [0.25, 0.3) is 0 Å². The van der Waals surface area contributed by atoms with Crippen molar-refractivity contribution in [2.45, 2.75) is 150 Å². The maximum atomic E-state index is 14.2. The van der Waals surface area contributed by atoms with Crippen LogP contribution in [0.3, 0.4) is 0 Å². The minimum atomic E-state index is -0.573. The smallest absolute Gasteiger partial charge is 0.306 e. The SMILES string of the molecule is C=C(CC)CCOC(C)(CC)CCC(C)(C)C(C)(CC)NC(=O)C1C(CC(=O)OCC2=CC=CCC2)CC1(C)C(C)(C)N. The van der Waals surface area contributed by atoms with Crippen molar-refractivity contribution in [3.05, 3.63) is 36.0 Å². The van der Waals surface area contributed by atoms with Gasteiger partial charge in [-0.3, -0.25) is 9.59 Å². The molecule has 2 aliphatic carbocycles. The molecule has 0 aliphatic heterocycles. The van der Waals surface area contributed by atoms with Gasteiger partial charge < -0.3 is 20.5 Å². The average molecular weight is 601 g/mol. The Hall–Kier alpha value is -1.92. The zero-order chi connectivity index (χ0) is 32.7. The maximum Gasteiger partial charge on any atom is 0.306 e. The molecule has 5 unspecified atom stereocenters. The normalized spacial score (nSPS) is 25.1. The van der Waals surface area contributed by atoms with Crippen LogP contribution in [-0.4, -0.2) is 41.8 Å². The Morgan fingerprint density at radius 3 is 2.30 bits per heavy atom. The van der Waals surface area contributed by atoms with Crippen molar-refractivity contribution in [2.24, 2.45) is 28.4 Å². The van der Waals surface area contributed by atoms with E-state index in [9.17, 15) is 9.59 Å². The summed E-state index contributed by atoms with van der Waals surface area (Å²) in [5.74, 6) is -0.709. The number of hydrogen-bond acceptors (Lipinski definition) is 5. The minimum Gasteiger partial charge on any atom is -0.461 e. The molecule has 6 nitrogen and oxygen atoms in total. The van der Waals surface area contributed by atoms with Crippen molar-refractivity contribution in [2.75, 3.05) is 13.2 Å². The van der Waals surface area contributed by atoms with Crippen molar-refractivity contribution >= 4 is 11.9 Å². The molecule has 3 N–H and O–H groups in total. The molecule has 0 spiro atoms. The molecular weight excluding hydrogens is 536 g/mol. The number of carbonyl (C=O) groups excluding carboxylic acids is 2. The second-order valence-corrected chi connectivity index (χ2v) is 15.3. The van der Waals surface area contributed by atoms with Gasteiger partial charge in [-0.05, 0) is 108 Å². The summed E-state index contributed by atoms with van der Waals surface area (Å²) in [6.07, 6.45) is 14.4. The van der Waals surface area contributed by atoms with E-state index in [0.29, 0.717) is 13.2 Å². The van der Waals surface area contributed by atoms with Gasteiger partial charge in [0.15, 0.2) is 0 Å². The van der Waals surface area contributed by atoms with Gasteiger partial charge in [-0.2, -0.15) is 0 Å². The molecule has 2 rings (SSSR count). The largest absolute Gasteiger partial charge is 0.461 e. The monoisotopic (exact) mass is 600 g/mol. The van der Waals surface area contributed by atoms with Crippen LogP contribution >= 0.6 is 0 Å². The van der Waals surface area contributed by atoms with E-state index in [1.165, 1.54) is 5.57 Å². The highest BCUT2D eigenvalue weighted by Gasteiger charge is 2.61. The second-order valence-electron chi connectivity index (χ2n) is 15.3. The predicted molar refractivity (Wildman–Crippen MR) is 179 cm³/mol. The van der Waals surface area contributed by atoms with E-state index in [2.05, 4.69) is 73.4 Å². The van der Waals surface area contributed by atoms with Crippen LogP contribution in [0.2, 0.25) is 0 Å². The number of carbonyl (C=O) groups is 2. The van der Waals surface area contributed by atoms with Gasteiger partial charge in [-0.1, -0.05) is 71.9 Å². The van der Waals surface area contributed by atoms with Crippen molar-refractivity contribution in [1.29, 1.82) is 0 Å². The first-order valence-electron chi connectivity index (χ1n) is 16.8. The molecule has 0 saturated heterocycles. The Morgan fingerprint density at radius 1 is 1.09 bits per heavy atom. The summed E-state index contributed by atoms with van der Waals surface area (Å²) in [4.78, 5) is 27.1. The Labute approximate surface area is 263 Å². The van der Waals surface area contributed by atoms with Crippen molar-refractivity contribution in [1.82, 2.24) is 5.32 Å². The van der Waals surface area contributed by atoms with Gasteiger partial charge in [0, 0.05) is 23.4 Å². The van der Waals surface area contributed by atoms with Gasteiger partial charge in [0.2, 0.25) is 5.91 Å². The number of esters is 1. The molecule has 5 atom stereocenters. The molecule has 6 heteroatoms. The van der Waals surface area contributed by atoms with E-state index >= 15 is 0 Å². The van der Waals surface area contributed by atoms with Crippen molar-refractivity contribution in [3.8, 4) is 0 Å². The highest BCUT2D eigenvalue weighted by Crippen LogP contribution is 2.58. The summed E-state index contributed by atoms with van der Waals surface area (Å²) >= 11 is 0. The van der Waals surface area contributed by atoms with Gasteiger partial charge in [-0.15, -0.1) is 0 Å². The third kappa shape index (κ3) is 9.29. The molecule has 43 heavy (non-hydrogen) atoms. The fourth-order valence-electron chi connectivity index (χ4n) is 6.63. The zero-order valence-electron chi connectivity index (χ0n) is 29.3. The van der Waals surface area contributed by atoms with Crippen LogP contribution < -0.4 is 11.1 Å². The first-order valence-corrected chi connectivity index (χ1v) is 16.8. The third-order valence-electron chi connectivity index (χ3n) is 11.6. The summed E-state index contributed by atoms with van der Waals surface area (Å²) in [5, 5.41) is 3.50. The lowest BCUT2D eigenvalue weighted by Gasteiger charge is -2.59. The first kappa shape index (κ1) is 37.3. The topological polar surface area (TPSA) is 90.6 Å². The molecule has 0 aromatic heterocycles. The Morgan fingerprint density at radius 2 is 1.77 bits per heavy atom. The van der Waals surface area contributed by atoms with E-state index in [-0.39, 0.29) is 41.1 Å². The molecular formula is C37H64N2O4. The number of nitrogens with one attached hydrogen (secondary N) is 1. The minimum absolute atomic E-state index is 0.00444. The lowest BCUT2D eigenvalue weighted by atomic mass is 9.47. The van der Waals surface area contributed by atoms with Crippen LogP contribution in [0, 0.1) is 22.7 Å². The quantitative estimate of drug-likeness (QED) is 0.122. The Bertz CT molecular complexity index is 1040. The Kier molecular flexibility index (Phi) is 12.9. The summed E-state index contributed by atoms with van der Waals surface area (Å²) in [5.41, 5.74) is 7.16. The molecule has 0 radical (unpaired) electrons. The van der Waals surface area contributed by atoms with Crippen molar-refractivity contribution in [3.63, 3.8) is 0 Å². The number of rotatable bonds is 18. The fraction of sp³-hybridized carbons (Fsp3) is 0.784. The molecule has 0 heterocycles. The van der Waals surface area contributed by atoms with E-state index in [1.54, 1.807) is 0 Å². The van der Waals surface area contributed by atoms with Gasteiger partial charge in [0.1, 0.15) is 6.61 Å². The summed E-state index contributed by atoms with van der Waals surface area (Å²) < 4.78 is 12.0. The van der Waals surface area contributed by atoms with Gasteiger partial charge in [-0.25, -0.2) is 0 Å². The number of ether oxygens (including phenoxy) is 2. The van der Waals surface area contributed by atoms with Crippen LogP contribution in [0.4, 0.5) is 0 Å². The van der Waals surface area contributed by atoms with Crippen LogP contribution in [0.15, 0.2) is 36.0 Å². The number of amides is 1. The van der Waals surface area contributed by atoms with Crippen LogP contribution in [-0.2, 0) is 19.1 Å². The van der Waals surface area contributed by atoms with E-state index < -0.39 is 16.5 Å². The molecule has 1 saturated carbocycles. The maximum absolute atomic E-state index is 14.2. The summed E-state index contributed by atoms with van der Waals surface area (Å²) in [6, 6.07) is 0. The number of allylic oxidation sites excluding steroid dienone is 3. The van der Waals surface area contributed by atoms with Gasteiger partial charge in [0.05, 0.1) is 12.2 Å². The molecule has 1 amide bonds. The second kappa shape index (κ2) is 14.9. The lowest BCUT2D eigenvalue weighted by Crippen LogP contribution is -2.68. The van der Waals surface area contributed by atoms with Crippen LogP contribution in [0.5, 0.6) is 0 Å². The highest BCUT2D eigenvalue weighted by atomic mass is 16.5. The number of hydrogen-bond donors (Lipinski definition) is 2. The number of nitrogens with two attached hydrogens (primary N) is 1. The lowest BCUT2D eigenvalue weighted by molar-refractivity contribution is -0.161. The average Bonchev–Trinajstić information content (AvgIpc) is 2.94. The molecule has 0 bridgehead atoms. The molecule has 0 aromatic rings. The standard InChI is InChI=1S/C37H64N2O4/c1-12-27(4)20-23-43-35(9,13-2)22-21-33(5,6)37(11,14-3)39-32(41)31-29(25-36(31,10)34(7,8)38)24-30(40)42-26-28-18-16-15-17-19-28/h15-16,18,29,31H,4,12-14,17,19-26,38H2,1-3,5-11H3,(H,39,41). The third-order valence-corrected chi connectivity index (χ3v) is 11.6. The molecule has 0 aromatic carbocycles. The Balaban J connectivity index is 2.14. The van der Waals surface area contributed by atoms with Gasteiger partial charge >= 0.3 is 5.97 Å². The van der Waals surface area contributed by atoms with E-state index in [1.807, 2.05) is 26.0 Å². The molecule has 1 fully saturated rings.